The molecule has 0 bridgehead atoms. The summed E-state index contributed by atoms with van der Waals surface area (Å²) in [6, 6.07) is 109. The minimum Gasteiger partial charge on any atom is -0.311 e. The fourth-order valence-corrected chi connectivity index (χ4v) is 14.7. The first-order valence-electron chi connectivity index (χ1n) is 28.6. The van der Waals surface area contributed by atoms with Gasteiger partial charge in [0.05, 0.1) is 5.69 Å². The molecule has 378 valence electrons. The van der Waals surface area contributed by atoms with E-state index < -0.39 is 0 Å². The smallest absolute Gasteiger partial charge is 0.253 e. The van der Waals surface area contributed by atoms with Crippen LogP contribution in [0.3, 0.4) is 0 Å². The molecule has 4 aliphatic heterocycles. The first-order chi connectivity index (χ1) is 40.7. The van der Waals surface area contributed by atoms with E-state index in [-0.39, 0.29) is 13.4 Å². The maximum atomic E-state index is 2.58. The molecule has 0 amide bonds. The fourth-order valence-electron chi connectivity index (χ4n) is 14.7. The van der Waals surface area contributed by atoms with Crippen molar-refractivity contribution < 1.29 is 0 Å². The lowest BCUT2D eigenvalue weighted by atomic mass is 9.32. The number of para-hydroxylation sites is 4. The normalized spacial score (nSPS) is 13.5. The molecule has 0 fully saturated rings. The van der Waals surface area contributed by atoms with Gasteiger partial charge in [-0.25, -0.2) is 0 Å². The van der Waals surface area contributed by atoms with Crippen LogP contribution in [0.15, 0.2) is 291 Å². The average molecular weight is 1040 g/mol. The Hall–Kier alpha value is -10.6. The Morgan fingerprint density at radius 3 is 1.17 bits per heavy atom. The number of anilines is 12. The first kappa shape index (κ1) is 45.3. The second-order valence-corrected chi connectivity index (χ2v) is 22.3. The molecule has 14 aromatic carbocycles. The lowest BCUT2D eigenvalue weighted by Crippen LogP contribution is -2.61. The summed E-state index contributed by atoms with van der Waals surface area (Å²) in [5.74, 6) is 0. The van der Waals surface area contributed by atoms with Gasteiger partial charge in [0.15, 0.2) is 0 Å². The fraction of sp³-hybridized carbons (Fsp3) is 0. The van der Waals surface area contributed by atoms with Crippen LogP contribution in [0.1, 0.15) is 0 Å². The Labute approximate surface area is 476 Å². The molecule has 4 aliphatic rings. The van der Waals surface area contributed by atoms with E-state index >= 15 is 0 Å². The Kier molecular flexibility index (Phi) is 9.66. The number of nitrogens with zero attached hydrogens (tertiary/aromatic N) is 4. The van der Waals surface area contributed by atoms with Gasteiger partial charge in [-0.05, 0) is 178 Å². The Balaban J connectivity index is 0.922. The van der Waals surface area contributed by atoms with Crippen molar-refractivity contribution in [3.63, 3.8) is 0 Å². The lowest BCUT2D eigenvalue weighted by Gasteiger charge is -2.45. The van der Waals surface area contributed by atoms with Gasteiger partial charge in [-0.15, -0.1) is 0 Å². The SMILES string of the molecule is c1ccc(N2c3cc4ccccc4cc3B3c4cc5ccccc5cc4N(c4ccccc4)c4c(-c5ccc6c7c(ccc6c5)N(c5ccccc5)c5cccc6c5B7c5c(ccc7ccccc57)N6c5ccccc5)ccc2c43)cc1. The van der Waals surface area contributed by atoms with Crippen molar-refractivity contribution in [3.8, 4) is 11.1 Å². The Bertz CT molecular complexity index is 4940. The zero-order valence-corrected chi connectivity index (χ0v) is 44.7. The highest BCUT2D eigenvalue weighted by Gasteiger charge is 2.47. The van der Waals surface area contributed by atoms with E-state index in [0.717, 1.165) is 22.7 Å². The largest absolute Gasteiger partial charge is 0.311 e. The topological polar surface area (TPSA) is 13.0 Å². The van der Waals surface area contributed by atoms with Gasteiger partial charge in [0, 0.05) is 68.1 Å². The standard InChI is InChI=1S/C76H48B2N4/c1-5-25-56(26-6-1)79-65-34-19-35-66-74(65)78(72-60-33-18-17-20-49(60)37-41-67(72)79)73-61-39-36-55(44-54(61)38-42-68(73)80(66)57-27-7-2-8-28-57)62-40-43-69-75-76(62)82(59-31-11-4-12-32-59)71-48-53-24-16-14-22-51(53)46-64(71)77(75)63-45-50-21-13-15-23-52(50)47-70(63)81(69)58-29-9-3-10-30-58/h1-48H. The first-order valence-corrected chi connectivity index (χ1v) is 28.6. The van der Waals surface area contributed by atoms with Gasteiger partial charge in [0.2, 0.25) is 0 Å². The molecule has 0 aromatic heterocycles. The molecule has 82 heavy (non-hydrogen) atoms. The molecule has 4 nitrogen and oxygen atoms in total. The Morgan fingerprint density at radius 1 is 0.220 bits per heavy atom. The average Bonchev–Trinajstić information content (AvgIpc) is 1.56. The van der Waals surface area contributed by atoms with Crippen molar-refractivity contribution in [2.24, 2.45) is 0 Å². The molecular formula is C76H48B2N4. The molecule has 0 saturated carbocycles. The summed E-state index contributed by atoms with van der Waals surface area (Å²) in [4.78, 5) is 10.1. The third-order valence-corrected chi connectivity index (χ3v) is 18.1. The molecule has 0 aliphatic carbocycles. The van der Waals surface area contributed by atoms with Crippen LogP contribution < -0.4 is 52.4 Å². The second-order valence-electron chi connectivity index (χ2n) is 22.3. The zero-order valence-electron chi connectivity index (χ0n) is 44.7. The number of hydrogen-bond acceptors (Lipinski definition) is 4. The summed E-state index contributed by atoms with van der Waals surface area (Å²) in [6.45, 7) is -0.131. The highest BCUT2D eigenvalue weighted by atomic mass is 15.2. The van der Waals surface area contributed by atoms with Crippen molar-refractivity contribution in [1.82, 2.24) is 0 Å². The molecular weight excluding hydrogens is 990 g/mol. The molecule has 18 rings (SSSR count). The van der Waals surface area contributed by atoms with Crippen LogP contribution in [0.4, 0.5) is 68.2 Å². The van der Waals surface area contributed by atoms with Crippen LogP contribution in [0, 0.1) is 0 Å². The predicted octanol–water partition coefficient (Wildman–Crippen LogP) is 16.1. The minimum absolute atomic E-state index is 0.0635. The monoisotopic (exact) mass is 1040 g/mol. The van der Waals surface area contributed by atoms with Gasteiger partial charge in [0.1, 0.15) is 0 Å². The number of benzene rings is 14. The second kappa shape index (κ2) is 17.5. The van der Waals surface area contributed by atoms with E-state index in [1.165, 1.54) is 132 Å². The number of rotatable bonds is 5. The third kappa shape index (κ3) is 6.46. The van der Waals surface area contributed by atoms with E-state index in [9.17, 15) is 0 Å². The van der Waals surface area contributed by atoms with E-state index in [1.807, 2.05) is 0 Å². The molecule has 0 N–H and O–H groups in total. The summed E-state index contributed by atoms with van der Waals surface area (Å²) in [7, 11) is 0. The summed E-state index contributed by atoms with van der Waals surface area (Å²) in [6.07, 6.45) is 0. The molecule has 4 heterocycles. The predicted molar refractivity (Wildman–Crippen MR) is 350 cm³/mol. The van der Waals surface area contributed by atoms with Crippen LogP contribution in [-0.2, 0) is 0 Å². The Morgan fingerprint density at radius 2 is 0.622 bits per heavy atom. The van der Waals surface area contributed by atoms with Crippen LogP contribution in [-0.4, -0.2) is 13.4 Å². The maximum absolute atomic E-state index is 2.58. The molecule has 0 spiro atoms. The van der Waals surface area contributed by atoms with Gasteiger partial charge < -0.3 is 19.6 Å². The van der Waals surface area contributed by atoms with E-state index in [4.69, 9.17) is 0 Å². The van der Waals surface area contributed by atoms with Gasteiger partial charge >= 0.3 is 0 Å². The van der Waals surface area contributed by atoms with Crippen molar-refractivity contribution in [2.75, 3.05) is 19.6 Å². The zero-order chi connectivity index (χ0) is 53.6. The highest BCUT2D eigenvalue weighted by molar-refractivity contribution is 7.03. The minimum atomic E-state index is -0.0672. The third-order valence-electron chi connectivity index (χ3n) is 18.1. The molecule has 6 heteroatoms. The van der Waals surface area contributed by atoms with Gasteiger partial charge in [-0.1, -0.05) is 194 Å². The van der Waals surface area contributed by atoms with Gasteiger partial charge in [-0.2, -0.15) is 0 Å². The summed E-state index contributed by atoms with van der Waals surface area (Å²) in [5, 5.41) is 9.89. The number of hydrogen-bond donors (Lipinski definition) is 0. The molecule has 0 saturated heterocycles. The van der Waals surface area contributed by atoms with Crippen LogP contribution in [0.5, 0.6) is 0 Å². The van der Waals surface area contributed by atoms with Crippen LogP contribution in [0.25, 0.3) is 54.2 Å². The van der Waals surface area contributed by atoms with E-state index in [1.54, 1.807) is 0 Å². The van der Waals surface area contributed by atoms with Crippen LogP contribution >= 0.6 is 0 Å². The maximum Gasteiger partial charge on any atom is 0.253 e. The van der Waals surface area contributed by atoms with Crippen molar-refractivity contribution in [2.45, 2.75) is 0 Å². The van der Waals surface area contributed by atoms with Gasteiger partial charge in [-0.3, -0.25) is 0 Å². The van der Waals surface area contributed by atoms with Crippen LogP contribution in [0.2, 0.25) is 0 Å². The highest BCUT2D eigenvalue weighted by Crippen LogP contribution is 2.51. The summed E-state index contributed by atoms with van der Waals surface area (Å²) >= 11 is 0. The summed E-state index contributed by atoms with van der Waals surface area (Å²) < 4.78 is 0. The quantitative estimate of drug-likeness (QED) is 0.159. The van der Waals surface area contributed by atoms with Crippen molar-refractivity contribution in [1.29, 1.82) is 0 Å². The molecule has 14 aromatic rings. The van der Waals surface area contributed by atoms with E-state index in [0.29, 0.717) is 0 Å². The molecule has 0 atom stereocenters. The number of fused-ring (bicyclic) bond motifs is 14. The lowest BCUT2D eigenvalue weighted by molar-refractivity contribution is 1.26. The van der Waals surface area contributed by atoms with E-state index in [2.05, 4.69) is 311 Å². The molecule has 0 radical (unpaired) electrons. The van der Waals surface area contributed by atoms with Crippen molar-refractivity contribution >= 4 is 158 Å². The summed E-state index contributed by atoms with van der Waals surface area (Å²) in [5.41, 5.74) is 24.4. The van der Waals surface area contributed by atoms with Crippen molar-refractivity contribution in [3.05, 3.63) is 291 Å². The molecule has 0 unspecified atom stereocenters. The van der Waals surface area contributed by atoms with Gasteiger partial charge in [0.25, 0.3) is 13.4 Å².